The number of carbonyl (C=O) groups excluding carboxylic acids is 1. The van der Waals surface area contributed by atoms with E-state index in [0.717, 1.165) is 43.1 Å². The average Bonchev–Trinajstić information content (AvgIpc) is 3.33. The molecule has 0 bridgehead atoms. The summed E-state index contributed by atoms with van der Waals surface area (Å²) in [6.07, 6.45) is 6.86. The standard InChI is InChI=1S/C21H30N4O2.HI/c1-22-20(25-11-10-21(15-25)8-4-9-21)23-14-16-5-2-6-17(13-16)24-19(26)18-7-3-12-27-18;/h2,5-6,13,18H,3-4,7-12,14-15H2,1H3,(H,22,23)(H,24,26);1H. The Kier molecular flexibility index (Phi) is 7.20. The van der Waals surface area contributed by atoms with Crippen LogP contribution in [0.5, 0.6) is 0 Å². The fourth-order valence-corrected chi connectivity index (χ4v) is 4.48. The van der Waals surface area contributed by atoms with Crippen molar-refractivity contribution in [1.29, 1.82) is 0 Å². The molecule has 1 aromatic carbocycles. The van der Waals surface area contributed by atoms with Crippen molar-refractivity contribution in [2.24, 2.45) is 10.4 Å². The third kappa shape index (κ3) is 4.79. The van der Waals surface area contributed by atoms with Gasteiger partial charge in [0.2, 0.25) is 0 Å². The van der Waals surface area contributed by atoms with Gasteiger partial charge in [-0.2, -0.15) is 0 Å². The van der Waals surface area contributed by atoms with Crippen LogP contribution < -0.4 is 10.6 Å². The van der Waals surface area contributed by atoms with Gasteiger partial charge in [-0.3, -0.25) is 9.79 Å². The highest BCUT2D eigenvalue weighted by Gasteiger charge is 2.43. The van der Waals surface area contributed by atoms with Gasteiger partial charge in [0.25, 0.3) is 5.91 Å². The third-order valence-electron chi connectivity index (χ3n) is 6.23. The van der Waals surface area contributed by atoms with E-state index < -0.39 is 0 Å². The Morgan fingerprint density at radius 2 is 2.18 bits per heavy atom. The number of hydrogen-bond acceptors (Lipinski definition) is 3. The van der Waals surface area contributed by atoms with E-state index in [1.807, 2.05) is 25.2 Å². The van der Waals surface area contributed by atoms with E-state index in [9.17, 15) is 4.79 Å². The van der Waals surface area contributed by atoms with Gasteiger partial charge in [-0.25, -0.2) is 0 Å². The van der Waals surface area contributed by atoms with Crippen LogP contribution in [0, 0.1) is 5.41 Å². The molecule has 7 heteroatoms. The lowest BCUT2D eigenvalue weighted by molar-refractivity contribution is -0.124. The van der Waals surface area contributed by atoms with Crippen LogP contribution in [0.15, 0.2) is 29.3 Å². The van der Waals surface area contributed by atoms with Gasteiger partial charge in [0, 0.05) is 39.0 Å². The number of hydrogen-bond donors (Lipinski definition) is 2. The van der Waals surface area contributed by atoms with Crippen LogP contribution in [-0.4, -0.2) is 49.6 Å². The first kappa shape index (κ1) is 21.4. The minimum Gasteiger partial charge on any atom is -0.368 e. The van der Waals surface area contributed by atoms with Crippen LogP contribution in [0.1, 0.15) is 44.1 Å². The van der Waals surface area contributed by atoms with Crippen LogP contribution in [-0.2, 0) is 16.1 Å². The first-order valence-electron chi connectivity index (χ1n) is 10.1. The van der Waals surface area contributed by atoms with E-state index >= 15 is 0 Å². The number of nitrogens with one attached hydrogen (secondary N) is 2. The summed E-state index contributed by atoms with van der Waals surface area (Å²) >= 11 is 0. The first-order chi connectivity index (χ1) is 13.2. The summed E-state index contributed by atoms with van der Waals surface area (Å²) in [5, 5.41) is 6.46. The number of aliphatic imine (C=N–C) groups is 1. The zero-order chi connectivity index (χ0) is 18.7. The van der Waals surface area contributed by atoms with E-state index in [-0.39, 0.29) is 36.0 Å². The summed E-state index contributed by atoms with van der Waals surface area (Å²) in [6.45, 7) is 3.60. The monoisotopic (exact) mass is 498 g/mol. The van der Waals surface area contributed by atoms with Crippen molar-refractivity contribution in [2.45, 2.75) is 51.2 Å². The number of halogens is 1. The Labute approximate surface area is 184 Å². The number of guanidine groups is 1. The summed E-state index contributed by atoms with van der Waals surface area (Å²) in [4.78, 5) is 19.1. The summed E-state index contributed by atoms with van der Waals surface area (Å²) in [6, 6.07) is 7.99. The van der Waals surface area contributed by atoms with Crippen LogP contribution in [0.2, 0.25) is 0 Å². The molecule has 3 fully saturated rings. The molecule has 154 valence electrons. The molecular weight excluding hydrogens is 467 g/mol. The number of likely N-dealkylation sites (tertiary alicyclic amines) is 1. The molecule has 2 heterocycles. The maximum absolute atomic E-state index is 12.2. The molecule has 1 spiro atoms. The van der Waals surface area contributed by atoms with Gasteiger partial charge in [-0.1, -0.05) is 18.6 Å². The number of benzene rings is 1. The Morgan fingerprint density at radius 1 is 1.32 bits per heavy atom. The first-order valence-corrected chi connectivity index (χ1v) is 10.1. The van der Waals surface area contributed by atoms with E-state index in [0.29, 0.717) is 18.6 Å². The second-order valence-electron chi connectivity index (χ2n) is 8.12. The highest BCUT2D eigenvalue weighted by molar-refractivity contribution is 14.0. The Hall–Kier alpha value is -1.35. The van der Waals surface area contributed by atoms with Gasteiger partial charge in [-0.15, -0.1) is 24.0 Å². The molecule has 2 saturated heterocycles. The van der Waals surface area contributed by atoms with Gasteiger partial charge in [0.15, 0.2) is 5.96 Å². The lowest BCUT2D eigenvalue weighted by Gasteiger charge is -2.38. The quantitative estimate of drug-likeness (QED) is 0.380. The summed E-state index contributed by atoms with van der Waals surface area (Å²) < 4.78 is 5.45. The normalized spacial score (nSPS) is 23.2. The molecule has 1 amide bonds. The van der Waals surface area contributed by atoms with Crippen molar-refractivity contribution >= 4 is 41.5 Å². The Balaban J connectivity index is 0.00000225. The minimum absolute atomic E-state index is 0. The largest absolute Gasteiger partial charge is 0.368 e. The van der Waals surface area contributed by atoms with Gasteiger partial charge in [0.1, 0.15) is 6.10 Å². The maximum Gasteiger partial charge on any atom is 0.253 e. The van der Waals surface area contributed by atoms with E-state index in [1.165, 1.54) is 25.7 Å². The number of carbonyl (C=O) groups is 1. The van der Waals surface area contributed by atoms with Crippen molar-refractivity contribution in [3.63, 3.8) is 0 Å². The number of amides is 1. The second-order valence-corrected chi connectivity index (χ2v) is 8.12. The van der Waals surface area contributed by atoms with Gasteiger partial charge in [0.05, 0.1) is 0 Å². The smallest absolute Gasteiger partial charge is 0.253 e. The molecule has 6 nitrogen and oxygen atoms in total. The number of anilines is 1. The molecule has 0 aromatic heterocycles. The zero-order valence-electron chi connectivity index (χ0n) is 16.6. The maximum atomic E-state index is 12.2. The summed E-state index contributed by atoms with van der Waals surface area (Å²) in [5.41, 5.74) is 2.50. The van der Waals surface area contributed by atoms with Crippen molar-refractivity contribution in [3.05, 3.63) is 29.8 Å². The number of rotatable bonds is 4. The summed E-state index contributed by atoms with van der Waals surface area (Å²) in [5.74, 6) is 0.934. The Bertz CT molecular complexity index is 714. The number of nitrogens with zero attached hydrogens (tertiary/aromatic N) is 2. The van der Waals surface area contributed by atoms with Crippen molar-refractivity contribution < 1.29 is 9.53 Å². The molecule has 3 aliphatic rings. The number of ether oxygens (including phenoxy) is 1. The minimum atomic E-state index is -0.306. The van der Waals surface area contributed by atoms with E-state index in [1.54, 1.807) is 0 Å². The zero-order valence-corrected chi connectivity index (χ0v) is 18.9. The van der Waals surface area contributed by atoms with Crippen LogP contribution >= 0.6 is 24.0 Å². The molecule has 1 saturated carbocycles. The second kappa shape index (κ2) is 9.43. The van der Waals surface area contributed by atoms with E-state index in [4.69, 9.17) is 4.74 Å². The van der Waals surface area contributed by atoms with Gasteiger partial charge >= 0.3 is 0 Å². The SMILES string of the molecule is CN=C(NCc1cccc(NC(=O)C2CCCO2)c1)N1CCC2(CCC2)C1.I. The lowest BCUT2D eigenvalue weighted by atomic mass is 9.68. The highest BCUT2D eigenvalue weighted by Crippen LogP contribution is 2.47. The Morgan fingerprint density at radius 3 is 2.82 bits per heavy atom. The molecule has 0 radical (unpaired) electrons. The van der Waals surface area contributed by atoms with Gasteiger partial charge in [-0.05, 0) is 55.2 Å². The molecule has 2 aliphatic heterocycles. The van der Waals surface area contributed by atoms with Crippen LogP contribution in [0.4, 0.5) is 5.69 Å². The van der Waals surface area contributed by atoms with Crippen LogP contribution in [0.25, 0.3) is 0 Å². The molecule has 1 aromatic rings. The highest BCUT2D eigenvalue weighted by atomic mass is 127. The topological polar surface area (TPSA) is 66.0 Å². The lowest BCUT2D eigenvalue weighted by Crippen LogP contribution is -2.42. The molecule has 28 heavy (non-hydrogen) atoms. The van der Waals surface area contributed by atoms with Crippen molar-refractivity contribution in [2.75, 3.05) is 32.1 Å². The molecule has 1 unspecified atom stereocenters. The molecule has 1 atom stereocenters. The fourth-order valence-electron chi connectivity index (χ4n) is 4.48. The van der Waals surface area contributed by atoms with Crippen LogP contribution in [0.3, 0.4) is 0 Å². The predicted octanol–water partition coefficient (Wildman–Crippen LogP) is 3.37. The third-order valence-corrected chi connectivity index (χ3v) is 6.23. The molecular formula is C21H31IN4O2. The molecule has 1 aliphatic carbocycles. The average molecular weight is 498 g/mol. The predicted molar refractivity (Wildman–Crippen MR) is 122 cm³/mol. The summed E-state index contributed by atoms with van der Waals surface area (Å²) in [7, 11) is 1.85. The molecule has 2 N–H and O–H groups in total. The van der Waals surface area contributed by atoms with E-state index in [2.05, 4.69) is 26.6 Å². The molecule has 4 rings (SSSR count). The fraction of sp³-hybridized carbons (Fsp3) is 0.619. The van der Waals surface area contributed by atoms with Gasteiger partial charge < -0.3 is 20.3 Å². The van der Waals surface area contributed by atoms with Crippen molar-refractivity contribution in [3.8, 4) is 0 Å². The van der Waals surface area contributed by atoms with Crippen molar-refractivity contribution in [1.82, 2.24) is 10.2 Å².